The predicted octanol–water partition coefficient (Wildman–Crippen LogP) is 3.99. The number of carbonyl (C=O) groups is 3. The maximum Gasteiger partial charge on any atom is 0.522 e. The van der Waals surface area contributed by atoms with E-state index in [0.29, 0.717) is 56.2 Å². The molecular weight excluding hydrogens is 487 g/mol. The largest absolute Gasteiger partial charge is 0.522 e. The fourth-order valence-electron chi connectivity index (χ4n) is 6.57. The maximum absolute atomic E-state index is 13.0. The second-order valence-corrected chi connectivity index (χ2v) is 11.0. The number of piperidine rings is 1. The van der Waals surface area contributed by atoms with Crippen LogP contribution < -0.4 is 10.6 Å². The molecule has 0 aromatic heterocycles. The standard InChI is InChI=1S/C27H34F3N3O4/c28-27(29,30)37-20-8-6-19(7-9-20)31-22-4-2-1-3-17(22)13-16-5-10-21-18(14-16)15-33(26(21)36)23-11-12-24(34)32-25(23)35/h5,10,14,17,19-20,22-23,31H,1-4,6-9,11-13,15H2,(H,32,34,35)/t17-,19-,20+,22+,23?/m1/s1. The molecule has 3 atom stereocenters. The van der Waals surface area contributed by atoms with Gasteiger partial charge in [0, 0.05) is 30.6 Å². The van der Waals surface area contributed by atoms with Crippen LogP contribution in [0.2, 0.25) is 0 Å². The van der Waals surface area contributed by atoms with Gasteiger partial charge in [-0.1, -0.05) is 25.0 Å². The Labute approximate surface area is 214 Å². The summed E-state index contributed by atoms with van der Waals surface area (Å²) in [5, 5.41) is 6.09. The van der Waals surface area contributed by atoms with Gasteiger partial charge in [0.25, 0.3) is 5.91 Å². The molecule has 0 radical (unpaired) electrons. The number of hydrogen-bond donors (Lipinski definition) is 2. The Morgan fingerprint density at radius 2 is 1.76 bits per heavy atom. The molecule has 2 saturated carbocycles. The van der Waals surface area contributed by atoms with Crippen molar-refractivity contribution < 1.29 is 32.3 Å². The van der Waals surface area contributed by atoms with Gasteiger partial charge < -0.3 is 10.2 Å². The minimum absolute atomic E-state index is 0.168. The molecule has 10 heteroatoms. The molecule has 3 fully saturated rings. The SMILES string of the molecule is O=C1CCC(N2Cc3cc(C[C@H]4CCCC[C@@H]4N[C@H]4CC[C@@H](OC(F)(F)F)CC4)ccc3C2=O)C(=O)N1. The van der Waals surface area contributed by atoms with Crippen LogP contribution in [-0.2, 0) is 27.3 Å². The minimum Gasteiger partial charge on any atom is -0.322 e. The number of imide groups is 1. The summed E-state index contributed by atoms with van der Waals surface area (Å²) in [7, 11) is 0. The van der Waals surface area contributed by atoms with Crippen molar-refractivity contribution >= 4 is 17.7 Å². The normalized spacial score (nSPS) is 30.8. The molecule has 0 spiro atoms. The molecule has 1 unspecified atom stereocenters. The van der Waals surface area contributed by atoms with Gasteiger partial charge in [-0.25, -0.2) is 0 Å². The van der Waals surface area contributed by atoms with Gasteiger partial charge in [-0.05, 0) is 74.5 Å². The van der Waals surface area contributed by atoms with Crippen molar-refractivity contribution in [3.63, 3.8) is 0 Å². The summed E-state index contributed by atoms with van der Waals surface area (Å²) in [6.07, 6.45) is 2.75. The fraction of sp³-hybridized carbons (Fsp3) is 0.667. The average molecular weight is 522 g/mol. The molecule has 0 bridgehead atoms. The molecule has 1 aromatic rings. The zero-order valence-electron chi connectivity index (χ0n) is 20.8. The van der Waals surface area contributed by atoms with Gasteiger partial charge in [0.1, 0.15) is 6.04 Å². The van der Waals surface area contributed by atoms with Crippen LogP contribution in [0.15, 0.2) is 18.2 Å². The van der Waals surface area contributed by atoms with Crippen molar-refractivity contribution in [1.82, 2.24) is 15.5 Å². The lowest BCUT2D eigenvalue weighted by molar-refractivity contribution is -0.345. The van der Waals surface area contributed by atoms with Crippen LogP contribution in [0.4, 0.5) is 13.2 Å². The molecule has 4 aliphatic rings. The first-order valence-electron chi connectivity index (χ1n) is 13.4. The number of amides is 3. The van der Waals surface area contributed by atoms with E-state index in [0.717, 1.165) is 43.2 Å². The quantitative estimate of drug-likeness (QED) is 0.553. The zero-order valence-corrected chi connectivity index (χ0v) is 20.8. The highest BCUT2D eigenvalue weighted by Crippen LogP contribution is 2.33. The summed E-state index contributed by atoms with van der Waals surface area (Å²) in [4.78, 5) is 38.4. The molecule has 2 aliphatic heterocycles. The van der Waals surface area contributed by atoms with Gasteiger partial charge in [0.15, 0.2) is 0 Å². The summed E-state index contributed by atoms with van der Waals surface area (Å²) >= 11 is 0. The number of benzene rings is 1. The number of nitrogens with zero attached hydrogens (tertiary/aromatic N) is 1. The van der Waals surface area contributed by atoms with E-state index in [1.54, 1.807) is 4.90 Å². The van der Waals surface area contributed by atoms with E-state index >= 15 is 0 Å². The second kappa shape index (κ2) is 10.7. The van der Waals surface area contributed by atoms with Crippen molar-refractivity contribution in [1.29, 1.82) is 0 Å². The molecule has 1 aromatic carbocycles. The highest BCUT2D eigenvalue weighted by atomic mass is 19.4. The maximum atomic E-state index is 13.0. The van der Waals surface area contributed by atoms with E-state index in [1.807, 2.05) is 12.1 Å². The average Bonchev–Trinajstić information content (AvgIpc) is 3.16. The summed E-state index contributed by atoms with van der Waals surface area (Å²) in [5.74, 6) is -0.462. The van der Waals surface area contributed by atoms with Crippen LogP contribution in [0.5, 0.6) is 0 Å². The van der Waals surface area contributed by atoms with Crippen molar-refractivity contribution in [2.75, 3.05) is 0 Å². The number of fused-ring (bicyclic) bond motifs is 1. The Hall–Kier alpha value is -2.46. The number of hydrogen-bond acceptors (Lipinski definition) is 5. The van der Waals surface area contributed by atoms with Gasteiger partial charge in [0.05, 0.1) is 6.10 Å². The molecule has 2 aliphatic carbocycles. The molecule has 37 heavy (non-hydrogen) atoms. The third-order valence-corrected chi connectivity index (χ3v) is 8.42. The van der Waals surface area contributed by atoms with Crippen LogP contribution in [0.3, 0.4) is 0 Å². The van der Waals surface area contributed by atoms with Crippen LogP contribution >= 0.6 is 0 Å². The fourth-order valence-corrected chi connectivity index (χ4v) is 6.57. The Morgan fingerprint density at radius 1 is 1.00 bits per heavy atom. The first kappa shape index (κ1) is 26.2. The lowest BCUT2D eigenvalue weighted by Crippen LogP contribution is -2.52. The van der Waals surface area contributed by atoms with Crippen LogP contribution in [0, 0.1) is 5.92 Å². The lowest BCUT2D eigenvalue weighted by Gasteiger charge is -2.38. The molecule has 2 heterocycles. The Morgan fingerprint density at radius 3 is 2.49 bits per heavy atom. The summed E-state index contributed by atoms with van der Waals surface area (Å²) in [6, 6.07) is 5.82. The van der Waals surface area contributed by atoms with E-state index in [4.69, 9.17) is 0 Å². The predicted molar refractivity (Wildman–Crippen MR) is 128 cm³/mol. The topological polar surface area (TPSA) is 87.7 Å². The van der Waals surface area contributed by atoms with Gasteiger partial charge in [-0.15, -0.1) is 13.2 Å². The highest BCUT2D eigenvalue weighted by Gasteiger charge is 2.40. The summed E-state index contributed by atoms with van der Waals surface area (Å²) in [5.41, 5.74) is 2.68. The monoisotopic (exact) mass is 521 g/mol. The molecule has 1 saturated heterocycles. The first-order valence-corrected chi connectivity index (χ1v) is 13.4. The van der Waals surface area contributed by atoms with E-state index in [-0.39, 0.29) is 24.3 Å². The van der Waals surface area contributed by atoms with Crippen molar-refractivity contribution in [2.24, 2.45) is 5.92 Å². The summed E-state index contributed by atoms with van der Waals surface area (Å²) < 4.78 is 41.8. The third kappa shape index (κ3) is 6.17. The number of nitrogens with one attached hydrogen (secondary N) is 2. The van der Waals surface area contributed by atoms with E-state index < -0.39 is 24.4 Å². The smallest absolute Gasteiger partial charge is 0.322 e. The number of rotatable bonds is 6. The van der Waals surface area contributed by atoms with Gasteiger partial charge >= 0.3 is 6.36 Å². The van der Waals surface area contributed by atoms with Crippen LogP contribution in [0.1, 0.15) is 85.7 Å². The number of carbonyl (C=O) groups excluding carboxylic acids is 3. The van der Waals surface area contributed by atoms with E-state index in [2.05, 4.69) is 21.4 Å². The van der Waals surface area contributed by atoms with Crippen LogP contribution in [0.25, 0.3) is 0 Å². The third-order valence-electron chi connectivity index (χ3n) is 8.42. The van der Waals surface area contributed by atoms with Gasteiger partial charge in [-0.2, -0.15) is 0 Å². The highest BCUT2D eigenvalue weighted by molar-refractivity contribution is 6.05. The zero-order chi connectivity index (χ0) is 26.2. The van der Waals surface area contributed by atoms with E-state index in [9.17, 15) is 27.6 Å². The summed E-state index contributed by atoms with van der Waals surface area (Å²) in [6.45, 7) is 0.365. The van der Waals surface area contributed by atoms with Crippen molar-refractivity contribution in [3.05, 3.63) is 34.9 Å². The van der Waals surface area contributed by atoms with Crippen molar-refractivity contribution in [2.45, 2.75) is 108 Å². The number of halogens is 3. The molecule has 5 rings (SSSR count). The Bertz CT molecular complexity index is 1040. The molecular formula is C27H34F3N3O4. The van der Waals surface area contributed by atoms with E-state index in [1.165, 1.54) is 0 Å². The van der Waals surface area contributed by atoms with Crippen LogP contribution in [-0.4, -0.2) is 53.2 Å². The lowest BCUT2D eigenvalue weighted by atomic mass is 9.79. The minimum atomic E-state index is -4.57. The Balaban J connectivity index is 1.19. The second-order valence-electron chi connectivity index (χ2n) is 11.0. The number of alkyl halides is 3. The first-order chi connectivity index (χ1) is 17.7. The van der Waals surface area contributed by atoms with Gasteiger partial charge in [0.2, 0.25) is 11.8 Å². The molecule has 202 valence electrons. The molecule has 7 nitrogen and oxygen atoms in total. The number of ether oxygens (including phenoxy) is 1. The molecule has 3 amide bonds. The van der Waals surface area contributed by atoms with Crippen molar-refractivity contribution in [3.8, 4) is 0 Å². The molecule has 2 N–H and O–H groups in total. The Kier molecular flexibility index (Phi) is 7.58. The van der Waals surface area contributed by atoms with Gasteiger partial charge in [-0.3, -0.25) is 24.4 Å².